The van der Waals surface area contributed by atoms with Crippen molar-refractivity contribution in [3.63, 3.8) is 0 Å². The second kappa shape index (κ2) is 5.15. The molecular weight excluding hydrogens is 312 g/mol. The highest BCUT2D eigenvalue weighted by Gasteiger charge is 2.56. The van der Waals surface area contributed by atoms with Crippen LogP contribution < -0.4 is 5.32 Å². The zero-order chi connectivity index (χ0) is 16.9. The summed E-state index contributed by atoms with van der Waals surface area (Å²) >= 11 is 0. The van der Waals surface area contributed by atoms with E-state index in [-0.39, 0.29) is 29.5 Å². The molecule has 2 atom stereocenters. The first kappa shape index (κ1) is 14.9. The first-order valence-corrected chi connectivity index (χ1v) is 8.02. The lowest BCUT2D eigenvalue weighted by Gasteiger charge is -2.35. The summed E-state index contributed by atoms with van der Waals surface area (Å²) in [6, 6.07) is 6.04. The van der Waals surface area contributed by atoms with E-state index in [1.165, 1.54) is 12.1 Å². The number of nitrogens with one attached hydrogen (secondary N) is 1. The molecule has 0 aromatic heterocycles. The van der Waals surface area contributed by atoms with Gasteiger partial charge in [-0.05, 0) is 25.0 Å². The molecule has 0 bridgehead atoms. The molecule has 3 amide bonds. The lowest BCUT2D eigenvalue weighted by atomic mass is 9.70. The van der Waals surface area contributed by atoms with Crippen molar-refractivity contribution in [1.82, 2.24) is 10.4 Å². The highest BCUT2D eigenvalue weighted by molar-refractivity contribution is 6.21. The number of hydrogen-bond acceptors (Lipinski definition) is 5. The van der Waals surface area contributed by atoms with Crippen LogP contribution in [0, 0.1) is 5.41 Å². The van der Waals surface area contributed by atoms with E-state index in [0.717, 1.165) is 12.8 Å². The largest absolute Gasteiger partial charge is 0.352 e. The molecule has 1 N–H and O–H groups in total. The molecule has 1 saturated heterocycles. The van der Waals surface area contributed by atoms with Crippen LogP contribution in [-0.4, -0.2) is 34.8 Å². The van der Waals surface area contributed by atoms with E-state index in [9.17, 15) is 19.2 Å². The molecule has 4 rings (SSSR count). The molecule has 1 aromatic rings. The summed E-state index contributed by atoms with van der Waals surface area (Å²) in [5, 5.41) is 3.34. The van der Waals surface area contributed by atoms with E-state index >= 15 is 0 Å². The topological polar surface area (TPSA) is 92.8 Å². The summed E-state index contributed by atoms with van der Waals surface area (Å²) in [6.07, 6.45) is 2.98. The number of benzene rings is 1. The van der Waals surface area contributed by atoms with E-state index < -0.39 is 23.2 Å². The third kappa shape index (κ3) is 1.97. The second-order valence-corrected chi connectivity index (χ2v) is 6.53. The number of carbonyl (C=O) groups is 4. The van der Waals surface area contributed by atoms with Crippen molar-refractivity contribution in [3.05, 3.63) is 35.4 Å². The Labute approximate surface area is 137 Å². The van der Waals surface area contributed by atoms with E-state index in [1.54, 1.807) is 12.1 Å². The van der Waals surface area contributed by atoms with Gasteiger partial charge in [-0.1, -0.05) is 30.0 Å². The van der Waals surface area contributed by atoms with Crippen LogP contribution >= 0.6 is 0 Å². The molecule has 1 aliphatic carbocycles. The number of hydrogen-bond donors (Lipinski definition) is 1. The summed E-state index contributed by atoms with van der Waals surface area (Å²) < 4.78 is 0. The average Bonchev–Trinajstić information content (AvgIpc) is 3.05. The summed E-state index contributed by atoms with van der Waals surface area (Å²) in [5.74, 6) is -2.17. The Bertz CT molecular complexity index is 739. The Hall–Kier alpha value is -2.70. The minimum Gasteiger partial charge on any atom is -0.352 e. The Balaban J connectivity index is 1.60. The molecule has 24 heavy (non-hydrogen) atoms. The van der Waals surface area contributed by atoms with Gasteiger partial charge in [-0.3, -0.25) is 14.4 Å². The maximum atomic E-state index is 12.8. The average molecular weight is 328 g/mol. The fourth-order valence-electron chi connectivity index (χ4n) is 3.93. The molecule has 3 aliphatic rings. The number of carbonyl (C=O) groups excluding carboxylic acids is 4. The van der Waals surface area contributed by atoms with Gasteiger partial charge in [0.1, 0.15) is 0 Å². The third-order valence-electron chi connectivity index (χ3n) is 5.18. The number of imide groups is 1. The summed E-state index contributed by atoms with van der Waals surface area (Å²) in [5.41, 5.74) is -0.549. The van der Waals surface area contributed by atoms with Crippen LogP contribution in [0.2, 0.25) is 0 Å². The van der Waals surface area contributed by atoms with Crippen LogP contribution in [0.25, 0.3) is 0 Å². The molecule has 1 aromatic carbocycles. The van der Waals surface area contributed by atoms with Gasteiger partial charge in [-0.25, -0.2) is 4.79 Å². The van der Waals surface area contributed by atoms with Crippen molar-refractivity contribution in [2.75, 3.05) is 0 Å². The van der Waals surface area contributed by atoms with Gasteiger partial charge < -0.3 is 10.2 Å². The molecule has 0 radical (unpaired) electrons. The third-order valence-corrected chi connectivity index (χ3v) is 5.18. The molecule has 124 valence electrons. The lowest BCUT2D eigenvalue weighted by molar-refractivity contribution is -0.184. The Kier molecular flexibility index (Phi) is 3.19. The predicted molar refractivity (Wildman–Crippen MR) is 80.5 cm³/mol. The van der Waals surface area contributed by atoms with Crippen molar-refractivity contribution >= 4 is 23.7 Å². The second-order valence-electron chi connectivity index (χ2n) is 6.53. The first-order valence-electron chi connectivity index (χ1n) is 8.02. The van der Waals surface area contributed by atoms with Crippen LogP contribution in [0.1, 0.15) is 52.8 Å². The van der Waals surface area contributed by atoms with Gasteiger partial charge in [-0.2, -0.15) is 0 Å². The van der Waals surface area contributed by atoms with Crippen LogP contribution in [0.4, 0.5) is 0 Å². The van der Waals surface area contributed by atoms with Crippen LogP contribution in [0.15, 0.2) is 24.3 Å². The number of rotatable bonds is 2. The molecule has 2 fully saturated rings. The quantitative estimate of drug-likeness (QED) is 0.823. The smallest absolute Gasteiger partial charge is 0.341 e. The zero-order valence-corrected chi connectivity index (χ0v) is 12.9. The van der Waals surface area contributed by atoms with Crippen molar-refractivity contribution in [2.45, 2.75) is 38.1 Å². The van der Waals surface area contributed by atoms with Crippen LogP contribution in [0.3, 0.4) is 0 Å². The minimum atomic E-state index is -0.981. The van der Waals surface area contributed by atoms with Gasteiger partial charge in [0, 0.05) is 12.5 Å². The summed E-state index contributed by atoms with van der Waals surface area (Å²) in [4.78, 5) is 54.4. The van der Waals surface area contributed by atoms with Crippen LogP contribution in [0.5, 0.6) is 0 Å². The highest BCUT2D eigenvalue weighted by atomic mass is 16.7. The molecular formula is C17H16N2O5. The molecule has 7 nitrogen and oxygen atoms in total. The number of fused-ring (bicyclic) bond motifs is 2. The minimum absolute atomic E-state index is 0.0413. The molecule has 7 heteroatoms. The Morgan fingerprint density at radius 2 is 1.79 bits per heavy atom. The maximum Gasteiger partial charge on any atom is 0.341 e. The maximum absolute atomic E-state index is 12.8. The van der Waals surface area contributed by atoms with Crippen LogP contribution in [-0.2, 0) is 14.4 Å². The SMILES string of the molecule is O=C1C[C@]2(C(=O)ON3C(=O)c4ccccc4C3=O)CCCC[C@@H]2N1. The van der Waals surface area contributed by atoms with Gasteiger partial charge in [0.2, 0.25) is 5.91 Å². The van der Waals surface area contributed by atoms with Gasteiger partial charge in [0.05, 0.1) is 16.5 Å². The first-order chi connectivity index (χ1) is 11.5. The monoisotopic (exact) mass is 328 g/mol. The molecule has 2 heterocycles. The van der Waals surface area contributed by atoms with Gasteiger partial charge >= 0.3 is 5.97 Å². The van der Waals surface area contributed by atoms with Gasteiger partial charge in [0.15, 0.2) is 0 Å². The number of hydroxylamine groups is 2. The fraction of sp³-hybridized carbons (Fsp3) is 0.412. The molecule has 2 aliphatic heterocycles. The predicted octanol–water partition coefficient (Wildman–Crippen LogP) is 1.19. The number of nitrogens with zero attached hydrogens (tertiary/aromatic N) is 1. The zero-order valence-electron chi connectivity index (χ0n) is 12.9. The summed E-state index contributed by atoms with van der Waals surface area (Å²) in [6.45, 7) is 0. The van der Waals surface area contributed by atoms with E-state index in [1.807, 2.05) is 0 Å². The Morgan fingerprint density at radius 3 is 2.46 bits per heavy atom. The lowest BCUT2D eigenvalue weighted by Crippen LogP contribution is -2.48. The van der Waals surface area contributed by atoms with Crippen molar-refractivity contribution < 1.29 is 24.0 Å². The summed E-state index contributed by atoms with van der Waals surface area (Å²) in [7, 11) is 0. The molecule has 1 saturated carbocycles. The van der Waals surface area contributed by atoms with E-state index in [2.05, 4.69) is 5.32 Å². The van der Waals surface area contributed by atoms with Gasteiger partial charge in [0.25, 0.3) is 11.8 Å². The Morgan fingerprint density at radius 1 is 1.12 bits per heavy atom. The van der Waals surface area contributed by atoms with Crippen molar-refractivity contribution in [2.24, 2.45) is 5.41 Å². The standard InChI is InChI=1S/C17H16N2O5/c20-13-9-17(8-4-3-7-12(17)18-13)16(23)24-19-14(21)10-5-1-2-6-11(10)15(19)22/h1-2,5-6,12H,3-4,7-9H2,(H,18,20)/t12-,17+/m0/s1. The van der Waals surface area contributed by atoms with E-state index in [0.29, 0.717) is 17.9 Å². The highest BCUT2D eigenvalue weighted by Crippen LogP contribution is 2.44. The van der Waals surface area contributed by atoms with Crippen molar-refractivity contribution in [3.8, 4) is 0 Å². The number of amides is 3. The fourth-order valence-corrected chi connectivity index (χ4v) is 3.93. The van der Waals surface area contributed by atoms with Crippen molar-refractivity contribution in [1.29, 1.82) is 0 Å². The molecule has 0 unspecified atom stereocenters. The molecule has 0 spiro atoms. The normalized spacial score (nSPS) is 28.4. The van der Waals surface area contributed by atoms with Gasteiger partial charge in [-0.15, -0.1) is 0 Å². The van der Waals surface area contributed by atoms with E-state index in [4.69, 9.17) is 4.84 Å².